The molecule has 14 heavy (non-hydrogen) atoms. The lowest BCUT2D eigenvalue weighted by atomic mass is 10.1. The van der Waals surface area contributed by atoms with Crippen LogP contribution in [-0.2, 0) is 0 Å². The molecule has 0 saturated heterocycles. The minimum absolute atomic E-state index is 0.354. The molecule has 1 rings (SSSR count). The van der Waals surface area contributed by atoms with E-state index in [2.05, 4.69) is 4.99 Å². The summed E-state index contributed by atoms with van der Waals surface area (Å²) in [5.41, 5.74) is 0.734. The Kier molecular flexibility index (Phi) is 3.73. The van der Waals surface area contributed by atoms with E-state index in [1.165, 1.54) is 6.21 Å². The van der Waals surface area contributed by atoms with Crippen LogP contribution < -0.4 is 0 Å². The number of aldehydes is 1. The number of hydrogen-bond acceptors (Lipinski definition) is 2. The first-order chi connectivity index (χ1) is 6.79. The Labute approximate surface area is 82.5 Å². The predicted molar refractivity (Wildman–Crippen MR) is 54.9 cm³/mol. The predicted octanol–water partition coefficient (Wildman–Crippen LogP) is 2.12. The number of rotatable bonds is 3. The lowest BCUT2D eigenvalue weighted by Crippen LogP contribution is -2.00. The van der Waals surface area contributed by atoms with Crippen molar-refractivity contribution in [3.63, 3.8) is 0 Å². The zero-order valence-electron chi connectivity index (χ0n) is 7.93. The summed E-state index contributed by atoms with van der Waals surface area (Å²) < 4.78 is 0. The van der Waals surface area contributed by atoms with Gasteiger partial charge in [0.25, 0.3) is 5.91 Å². The molecule has 0 fully saturated rings. The van der Waals surface area contributed by atoms with E-state index < -0.39 is 0 Å². The maximum atomic E-state index is 11.4. The van der Waals surface area contributed by atoms with Crippen LogP contribution in [0.3, 0.4) is 0 Å². The Hall–Kier alpha value is -1.77. The Morgan fingerprint density at radius 1 is 1.43 bits per heavy atom. The molecule has 0 aromatic heterocycles. The van der Waals surface area contributed by atoms with Crippen molar-refractivity contribution in [2.75, 3.05) is 0 Å². The fourth-order valence-corrected chi connectivity index (χ4v) is 1.04. The topological polar surface area (TPSA) is 46.5 Å². The Morgan fingerprint density at radius 2 is 2.14 bits per heavy atom. The minimum Gasteiger partial charge on any atom is -0.298 e. The van der Waals surface area contributed by atoms with Crippen molar-refractivity contribution in [1.82, 2.24) is 0 Å². The fraction of sp³-hybridized carbons (Fsp3) is 0.182. The fourth-order valence-electron chi connectivity index (χ4n) is 1.04. The third-order valence-corrected chi connectivity index (χ3v) is 1.71. The van der Waals surface area contributed by atoms with Crippen LogP contribution in [0, 0.1) is 0 Å². The van der Waals surface area contributed by atoms with Crippen molar-refractivity contribution in [3.05, 3.63) is 35.4 Å². The van der Waals surface area contributed by atoms with Crippen molar-refractivity contribution in [3.8, 4) is 0 Å². The molecular formula is C11H11NO2. The molecule has 0 atom stereocenters. The van der Waals surface area contributed by atoms with Gasteiger partial charge in [-0.2, -0.15) is 0 Å². The maximum Gasteiger partial charge on any atom is 0.277 e. The second kappa shape index (κ2) is 5.07. The van der Waals surface area contributed by atoms with Crippen LogP contribution in [0.4, 0.5) is 0 Å². The Bertz CT molecular complexity index is 369. The van der Waals surface area contributed by atoms with Gasteiger partial charge in [-0.05, 0) is 12.5 Å². The highest BCUT2D eigenvalue weighted by molar-refractivity contribution is 6.04. The van der Waals surface area contributed by atoms with Crippen molar-refractivity contribution < 1.29 is 9.59 Å². The second-order valence-electron chi connectivity index (χ2n) is 2.73. The van der Waals surface area contributed by atoms with Crippen LogP contribution in [0.2, 0.25) is 0 Å². The molecule has 0 N–H and O–H groups in total. The van der Waals surface area contributed by atoms with Crippen LogP contribution in [0.1, 0.15) is 34.1 Å². The maximum absolute atomic E-state index is 11.4. The summed E-state index contributed by atoms with van der Waals surface area (Å²) in [6.45, 7) is 1.89. The van der Waals surface area contributed by atoms with Gasteiger partial charge in [-0.1, -0.05) is 25.1 Å². The van der Waals surface area contributed by atoms with Crippen LogP contribution in [0.15, 0.2) is 29.3 Å². The SMILES string of the molecule is CCC=NC(=O)c1ccccc1C=O. The van der Waals surface area contributed by atoms with E-state index in [0.717, 1.165) is 0 Å². The van der Waals surface area contributed by atoms with Gasteiger partial charge in [0, 0.05) is 11.8 Å². The number of amides is 1. The van der Waals surface area contributed by atoms with E-state index in [4.69, 9.17) is 0 Å². The molecule has 0 bridgehead atoms. The average molecular weight is 189 g/mol. The van der Waals surface area contributed by atoms with E-state index in [9.17, 15) is 9.59 Å². The third-order valence-electron chi connectivity index (χ3n) is 1.71. The zero-order valence-corrected chi connectivity index (χ0v) is 7.93. The van der Waals surface area contributed by atoms with Gasteiger partial charge >= 0.3 is 0 Å². The number of carbonyl (C=O) groups excluding carboxylic acids is 2. The van der Waals surface area contributed by atoms with E-state index in [1.54, 1.807) is 24.3 Å². The van der Waals surface area contributed by atoms with Crippen molar-refractivity contribution in [2.24, 2.45) is 4.99 Å². The summed E-state index contributed by atoms with van der Waals surface area (Å²) in [7, 11) is 0. The van der Waals surface area contributed by atoms with Gasteiger partial charge < -0.3 is 0 Å². The standard InChI is InChI=1S/C11H11NO2/c1-2-7-12-11(14)10-6-4-3-5-9(10)8-13/h3-8H,2H2,1H3. The van der Waals surface area contributed by atoms with Gasteiger partial charge in [-0.3, -0.25) is 9.59 Å². The zero-order chi connectivity index (χ0) is 10.4. The smallest absolute Gasteiger partial charge is 0.277 e. The number of hydrogen-bond donors (Lipinski definition) is 0. The van der Waals surface area contributed by atoms with Gasteiger partial charge in [0.1, 0.15) is 0 Å². The van der Waals surface area contributed by atoms with Gasteiger partial charge in [0.15, 0.2) is 6.29 Å². The van der Waals surface area contributed by atoms with Crippen LogP contribution in [-0.4, -0.2) is 18.4 Å². The molecule has 0 aliphatic heterocycles. The number of nitrogens with zero attached hydrogens (tertiary/aromatic N) is 1. The summed E-state index contributed by atoms with van der Waals surface area (Å²) in [5, 5.41) is 0. The molecule has 0 unspecified atom stereocenters. The monoisotopic (exact) mass is 189 g/mol. The highest BCUT2D eigenvalue weighted by atomic mass is 16.1. The largest absolute Gasteiger partial charge is 0.298 e. The molecule has 0 heterocycles. The van der Waals surface area contributed by atoms with Crippen LogP contribution in [0.25, 0.3) is 0 Å². The normalized spacial score (nSPS) is 10.4. The summed E-state index contributed by atoms with van der Waals surface area (Å²) in [5.74, 6) is -0.366. The first-order valence-electron chi connectivity index (χ1n) is 4.40. The lowest BCUT2D eigenvalue weighted by Gasteiger charge is -1.97. The number of benzene rings is 1. The van der Waals surface area contributed by atoms with E-state index in [-0.39, 0.29) is 5.91 Å². The van der Waals surface area contributed by atoms with Crippen LogP contribution >= 0.6 is 0 Å². The number of carbonyl (C=O) groups is 2. The first kappa shape index (κ1) is 10.3. The average Bonchev–Trinajstić information content (AvgIpc) is 2.25. The quantitative estimate of drug-likeness (QED) is 0.540. The molecule has 0 aliphatic carbocycles. The Morgan fingerprint density at radius 3 is 2.79 bits per heavy atom. The molecule has 0 spiro atoms. The van der Waals surface area contributed by atoms with Crippen molar-refractivity contribution in [1.29, 1.82) is 0 Å². The van der Waals surface area contributed by atoms with Gasteiger partial charge in [0.05, 0.1) is 5.56 Å². The second-order valence-corrected chi connectivity index (χ2v) is 2.73. The summed E-state index contributed by atoms with van der Waals surface area (Å²) in [4.78, 5) is 25.7. The molecular weight excluding hydrogens is 178 g/mol. The van der Waals surface area contributed by atoms with Gasteiger partial charge in [0.2, 0.25) is 0 Å². The van der Waals surface area contributed by atoms with E-state index >= 15 is 0 Å². The molecule has 1 aromatic rings. The molecule has 0 radical (unpaired) electrons. The first-order valence-corrected chi connectivity index (χ1v) is 4.40. The third kappa shape index (κ3) is 2.36. The highest BCUT2D eigenvalue weighted by Crippen LogP contribution is 2.07. The number of aliphatic imine (C=N–C) groups is 1. The lowest BCUT2D eigenvalue weighted by molar-refractivity contribution is 0.0996. The summed E-state index contributed by atoms with van der Waals surface area (Å²) >= 11 is 0. The minimum atomic E-state index is -0.366. The highest BCUT2D eigenvalue weighted by Gasteiger charge is 2.07. The van der Waals surface area contributed by atoms with Crippen molar-refractivity contribution >= 4 is 18.4 Å². The van der Waals surface area contributed by atoms with Gasteiger partial charge in [-0.25, -0.2) is 4.99 Å². The van der Waals surface area contributed by atoms with Gasteiger partial charge in [-0.15, -0.1) is 0 Å². The van der Waals surface area contributed by atoms with E-state index in [0.29, 0.717) is 23.8 Å². The summed E-state index contributed by atoms with van der Waals surface area (Å²) in [6.07, 6.45) is 2.90. The molecule has 3 nitrogen and oxygen atoms in total. The molecule has 1 amide bonds. The molecule has 1 aromatic carbocycles. The molecule has 0 aliphatic rings. The van der Waals surface area contributed by atoms with Crippen molar-refractivity contribution in [2.45, 2.75) is 13.3 Å². The molecule has 72 valence electrons. The van der Waals surface area contributed by atoms with Crippen LogP contribution in [0.5, 0.6) is 0 Å². The summed E-state index contributed by atoms with van der Waals surface area (Å²) in [6, 6.07) is 6.62. The van der Waals surface area contributed by atoms with E-state index in [1.807, 2.05) is 6.92 Å². The Balaban J connectivity index is 3.00. The molecule has 0 saturated carbocycles. The molecule has 3 heteroatoms.